The van der Waals surface area contributed by atoms with Crippen molar-refractivity contribution in [3.8, 4) is 11.5 Å². The Balaban J connectivity index is 1.87. The van der Waals surface area contributed by atoms with Gasteiger partial charge in [-0.15, -0.1) is 0 Å². The van der Waals surface area contributed by atoms with Crippen molar-refractivity contribution in [2.24, 2.45) is 0 Å². The number of amides is 2. The van der Waals surface area contributed by atoms with Gasteiger partial charge in [-0.1, -0.05) is 49.4 Å². The van der Waals surface area contributed by atoms with Gasteiger partial charge in [0.05, 0.1) is 0 Å². The minimum Gasteiger partial charge on any atom is -0.490 e. The number of hydrogen-bond donors (Lipinski definition) is 2. The van der Waals surface area contributed by atoms with Crippen LogP contribution in [0.25, 0.3) is 0 Å². The van der Waals surface area contributed by atoms with Gasteiger partial charge in [-0.3, -0.25) is 20.4 Å². The molecule has 0 unspecified atom stereocenters. The van der Waals surface area contributed by atoms with Crippen molar-refractivity contribution in [2.45, 2.75) is 26.2 Å². The van der Waals surface area contributed by atoms with E-state index in [0.717, 1.165) is 10.0 Å². The molecule has 0 aliphatic carbocycles. The zero-order valence-corrected chi connectivity index (χ0v) is 18.3. The van der Waals surface area contributed by atoms with E-state index < -0.39 is 11.8 Å². The van der Waals surface area contributed by atoms with Crippen LogP contribution in [0.1, 0.15) is 36.7 Å². The largest absolute Gasteiger partial charge is 0.490 e. The van der Waals surface area contributed by atoms with Crippen LogP contribution < -0.4 is 20.3 Å². The third-order valence-corrected chi connectivity index (χ3v) is 4.40. The zero-order chi connectivity index (χ0) is 21.4. The van der Waals surface area contributed by atoms with Crippen LogP contribution in [0, 0.1) is 0 Å². The molecule has 2 aromatic carbocycles. The Morgan fingerprint density at radius 2 is 1.76 bits per heavy atom. The SMILES string of the molecule is C=CCOc1ccc(C(=O)NNC(=O)COc2ccc(Br)cc2C(C)(C)C)cc1. The smallest absolute Gasteiger partial charge is 0.276 e. The second-order valence-electron chi connectivity index (χ2n) is 7.31. The molecule has 29 heavy (non-hydrogen) atoms. The summed E-state index contributed by atoms with van der Waals surface area (Å²) in [5.41, 5.74) is 5.94. The summed E-state index contributed by atoms with van der Waals surface area (Å²) in [7, 11) is 0. The Hall–Kier alpha value is -2.80. The number of hydrogen-bond acceptors (Lipinski definition) is 4. The van der Waals surface area contributed by atoms with Gasteiger partial charge in [-0.05, 0) is 47.9 Å². The predicted octanol–water partition coefficient (Wildman–Crippen LogP) is 4.15. The van der Waals surface area contributed by atoms with Crippen molar-refractivity contribution in [1.82, 2.24) is 10.9 Å². The van der Waals surface area contributed by atoms with Crippen LogP contribution >= 0.6 is 15.9 Å². The predicted molar refractivity (Wildman–Crippen MR) is 116 cm³/mol. The lowest BCUT2D eigenvalue weighted by atomic mass is 9.86. The minimum absolute atomic E-state index is 0.147. The Morgan fingerprint density at radius 3 is 2.38 bits per heavy atom. The van der Waals surface area contributed by atoms with E-state index in [1.54, 1.807) is 30.3 Å². The standard InChI is InChI=1S/C22H25BrN2O4/c1-5-12-28-17-9-6-15(7-10-17)21(27)25-24-20(26)14-29-19-11-8-16(23)13-18(19)22(2,3)4/h5-11,13H,1,12,14H2,2-4H3,(H,24,26)(H,25,27). The molecule has 7 heteroatoms. The summed E-state index contributed by atoms with van der Waals surface area (Å²) in [6.07, 6.45) is 1.64. The van der Waals surface area contributed by atoms with E-state index >= 15 is 0 Å². The van der Waals surface area contributed by atoms with Crippen LogP contribution in [-0.4, -0.2) is 25.0 Å². The van der Waals surface area contributed by atoms with Gasteiger partial charge < -0.3 is 9.47 Å². The fourth-order valence-electron chi connectivity index (χ4n) is 2.45. The first-order chi connectivity index (χ1) is 13.7. The number of benzene rings is 2. The number of nitrogens with one attached hydrogen (secondary N) is 2. The first-order valence-electron chi connectivity index (χ1n) is 9.06. The molecule has 0 spiro atoms. The summed E-state index contributed by atoms with van der Waals surface area (Å²) in [5.74, 6) is 0.347. The van der Waals surface area contributed by atoms with Crippen molar-refractivity contribution in [3.63, 3.8) is 0 Å². The molecule has 0 heterocycles. The molecule has 0 bridgehead atoms. The summed E-state index contributed by atoms with van der Waals surface area (Å²) in [5, 5.41) is 0. The number of carbonyl (C=O) groups excluding carboxylic acids is 2. The van der Waals surface area contributed by atoms with Gasteiger partial charge >= 0.3 is 0 Å². The zero-order valence-electron chi connectivity index (χ0n) is 16.8. The van der Waals surface area contributed by atoms with E-state index in [0.29, 0.717) is 23.7 Å². The first kappa shape index (κ1) is 22.5. The third kappa shape index (κ3) is 6.94. The number of hydrazine groups is 1. The maximum absolute atomic E-state index is 12.1. The quantitative estimate of drug-likeness (QED) is 0.480. The highest BCUT2D eigenvalue weighted by Gasteiger charge is 2.20. The lowest BCUT2D eigenvalue weighted by Gasteiger charge is -2.23. The van der Waals surface area contributed by atoms with Crippen LogP contribution in [0.2, 0.25) is 0 Å². The van der Waals surface area contributed by atoms with Crippen LogP contribution in [0.4, 0.5) is 0 Å². The Kier molecular flexibility index (Phi) is 7.84. The Bertz CT molecular complexity index is 873. The summed E-state index contributed by atoms with van der Waals surface area (Å²) in [4.78, 5) is 24.2. The number of carbonyl (C=O) groups is 2. The van der Waals surface area contributed by atoms with E-state index in [9.17, 15) is 9.59 Å². The Labute approximate surface area is 179 Å². The summed E-state index contributed by atoms with van der Waals surface area (Å²) in [6, 6.07) is 12.2. The summed E-state index contributed by atoms with van der Waals surface area (Å²) < 4.78 is 12.0. The molecule has 0 aromatic heterocycles. The van der Waals surface area contributed by atoms with E-state index in [1.807, 2.05) is 18.2 Å². The molecule has 0 fully saturated rings. The molecular formula is C22H25BrN2O4. The molecule has 0 atom stereocenters. The molecule has 0 saturated carbocycles. The highest BCUT2D eigenvalue weighted by molar-refractivity contribution is 9.10. The topological polar surface area (TPSA) is 76.7 Å². The third-order valence-electron chi connectivity index (χ3n) is 3.91. The van der Waals surface area contributed by atoms with Gasteiger partial charge in [0.2, 0.25) is 0 Å². The molecule has 2 amide bonds. The van der Waals surface area contributed by atoms with Crippen molar-refractivity contribution in [1.29, 1.82) is 0 Å². The minimum atomic E-state index is -0.466. The number of halogens is 1. The molecule has 6 nitrogen and oxygen atoms in total. The second-order valence-corrected chi connectivity index (χ2v) is 8.22. The number of ether oxygens (including phenoxy) is 2. The van der Waals surface area contributed by atoms with E-state index in [-0.39, 0.29) is 12.0 Å². The maximum Gasteiger partial charge on any atom is 0.276 e. The van der Waals surface area contributed by atoms with Gasteiger partial charge in [-0.25, -0.2) is 0 Å². The van der Waals surface area contributed by atoms with Crippen molar-refractivity contribution < 1.29 is 19.1 Å². The van der Waals surface area contributed by atoms with E-state index in [1.165, 1.54) is 0 Å². The first-order valence-corrected chi connectivity index (χ1v) is 9.86. The second kappa shape index (κ2) is 10.1. The van der Waals surface area contributed by atoms with Crippen molar-refractivity contribution >= 4 is 27.7 Å². The molecule has 0 aliphatic rings. The fraction of sp³-hybridized carbons (Fsp3) is 0.273. The summed E-state index contributed by atoms with van der Waals surface area (Å²) >= 11 is 3.45. The average molecular weight is 461 g/mol. The van der Waals surface area contributed by atoms with Gasteiger partial charge in [0.15, 0.2) is 6.61 Å². The lowest BCUT2D eigenvalue weighted by Crippen LogP contribution is -2.43. The van der Waals surface area contributed by atoms with Crippen LogP contribution in [0.3, 0.4) is 0 Å². The fourth-order valence-corrected chi connectivity index (χ4v) is 2.81. The molecule has 2 rings (SSSR count). The van der Waals surface area contributed by atoms with Gasteiger partial charge in [0, 0.05) is 15.6 Å². The highest BCUT2D eigenvalue weighted by atomic mass is 79.9. The summed E-state index contributed by atoms with van der Waals surface area (Å²) in [6.45, 7) is 9.93. The molecule has 2 N–H and O–H groups in total. The Morgan fingerprint density at radius 1 is 1.07 bits per heavy atom. The molecule has 2 aromatic rings. The van der Waals surface area contributed by atoms with E-state index in [2.05, 4.69) is 54.1 Å². The number of rotatable bonds is 7. The van der Waals surface area contributed by atoms with Crippen LogP contribution in [0.5, 0.6) is 11.5 Å². The monoisotopic (exact) mass is 460 g/mol. The van der Waals surface area contributed by atoms with E-state index in [4.69, 9.17) is 9.47 Å². The van der Waals surface area contributed by atoms with Crippen molar-refractivity contribution in [2.75, 3.05) is 13.2 Å². The molecule has 0 aliphatic heterocycles. The normalized spacial score (nSPS) is 10.8. The van der Waals surface area contributed by atoms with Gasteiger partial charge in [0.25, 0.3) is 11.8 Å². The molecule has 0 saturated heterocycles. The lowest BCUT2D eigenvalue weighted by molar-refractivity contribution is -0.123. The van der Waals surface area contributed by atoms with Crippen LogP contribution in [-0.2, 0) is 10.2 Å². The average Bonchev–Trinajstić information content (AvgIpc) is 2.69. The van der Waals surface area contributed by atoms with Gasteiger partial charge in [-0.2, -0.15) is 0 Å². The molecule has 0 radical (unpaired) electrons. The van der Waals surface area contributed by atoms with Gasteiger partial charge in [0.1, 0.15) is 18.1 Å². The highest BCUT2D eigenvalue weighted by Crippen LogP contribution is 2.33. The molecule has 154 valence electrons. The van der Waals surface area contributed by atoms with Crippen LogP contribution in [0.15, 0.2) is 59.6 Å². The van der Waals surface area contributed by atoms with Crippen molar-refractivity contribution in [3.05, 3.63) is 70.7 Å². The maximum atomic E-state index is 12.1. The molecular weight excluding hydrogens is 436 g/mol.